The summed E-state index contributed by atoms with van der Waals surface area (Å²) < 4.78 is 25.3. The van der Waals surface area contributed by atoms with E-state index in [-0.39, 0.29) is 15.2 Å². The molecule has 0 aliphatic rings. The number of halogens is 4. The maximum Gasteiger partial charge on any atom is 0.211 e. The maximum atomic E-state index is 12.9. The van der Waals surface area contributed by atoms with Gasteiger partial charge < -0.3 is 5.32 Å². The topological polar surface area (TPSA) is 29.1 Å². The van der Waals surface area contributed by atoms with Crippen LogP contribution in [0.1, 0.15) is 0 Å². The smallest absolute Gasteiger partial charge is 0.211 e. The highest BCUT2D eigenvalue weighted by Gasteiger charge is 2.14. The molecule has 0 bridgehead atoms. The molecule has 0 aliphatic heterocycles. The first-order chi connectivity index (χ1) is 6.07. The van der Waals surface area contributed by atoms with E-state index >= 15 is 0 Å². The number of carbonyl (C=O) groups is 1. The molecule has 1 rings (SSSR count). The summed E-state index contributed by atoms with van der Waals surface area (Å²) >= 11 is 8.29. The van der Waals surface area contributed by atoms with Crippen molar-refractivity contribution >= 4 is 39.6 Å². The van der Waals surface area contributed by atoms with E-state index in [0.717, 1.165) is 6.07 Å². The van der Waals surface area contributed by atoms with Gasteiger partial charge in [-0.25, -0.2) is 8.78 Å². The number of amides is 1. The van der Waals surface area contributed by atoms with Gasteiger partial charge in [-0.05, 0) is 22.0 Å². The third-order valence-corrected chi connectivity index (χ3v) is 2.36. The van der Waals surface area contributed by atoms with Gasteiger partial charge in [-0.3, -0.25) is 4.79 Å². The normalized spacial score (nSPS) is 9.85. The van der Waals surface area contributed by atoms with E-state index in [2.05, 4.69) is 21.2 Å². The minimum absolute atomic E-state index is 0.00978. The fourth-order valence-electron chi connectivity index (χ4n) is 0.757. The summed E-state index contributed by atoms with van der Waals surface area (Å²) in [5.74, 6) is -2.16. The number of nitrogens with one attached hydrogen (secondary N) is 1. The standard InChI is InChI=1S/C7H3BrClF2NO/c8-5-6(11)4(10)1-3(9)7(5)12-2-13/h1-2H,(H,12,13). The van der Waals surface area contributed by atoms with Crippen LogP contribution in [0.4, 0.5) is 14.5 Å². The van der Waals surface area contributed by atoms with Crippen molar-refractivity contribution < 1.29 is 13.6 Å². The Morgan fingerprint density at radius 1 is 1.54 bits per heavy atom. The number of carbonyl (C=O) groups excluding carboxylic acids is 1. The molecule has 0 saturated carbocycles. The monoisotopic (exact) mass is 269 g/mol. The lowest BCUT2D eigenvalue weighted by Crippen LogP contribution is -1.99. The summed E-state index contributed by atoms with van der Waals surface area (Å²) in [6, 6.07) is 0.785. The van der Waals surface area contributed by atoms with Crippen LogP contribution in [0.5, 0.6) is 0 Å². The molecule has 0 atom stereocenters. The molecule has 6 heteroatoms. The number of benzene rings is 1. The second-order valence-corrected chi connectivity index (χ2v) is 3.31. The Balaban J connectivity index is 3.34. The molecule has 0 radical (unpaired) electrons. The van der Waals surface area contributed by atoms with Crippen molar-refractivity contribution in [3.8, 4) is 0 Å². The first kappa shape index (κ1) is 10.4. The molecule has 1 aromatic carbocycles. The lowest BCUT2D eigenvalue weighted by atomic mass is 10.3. The van der Waals surface area contributed by atoms with Gasteiger partial charge in [0, 0.05) is 0 Å². The molecular formula is C7H3BrClF2NO. The number of hydrogen-bond acceptors (Lipinski definition) is 1. The highest BCUT2D eigenvalue weighted by molar-refractivity contribution is 9.10. The van der Waals surface area contributed by atoms with E-state index < -0.39 is 11.6 Å². The summed E-state index contributed by atoms with van der Waals surface area (Å²) in [6.45, 7) is 0. The fourth-order valence-corrected chi connectivity index (χ4v) is 1.63. The Morgan fingerprint density at radius 2 is 2.15 bits per heavy atom. The summed E-state index contributed by atoms with van der Waals surface area (Å²) in [5.41, 5.74) is 0.00978. The van der Waals surface area contributed by atoms with Gasteiger partial charge >= 0.3 is 0 Å². The molecule has 70 valence electrons. The molecule has 0 heterocycles. The summed E-state index contributed by atoms with van der Waals surface area (Å²) in [7, 11) is 0. The Bertz CT molecular complexity index is 359. The van der Waals surface area contributed by atoms with Crippen molar-refractivity contribution in [3.63, 3.8) is 0 Å². The van der Waals surface area contributed by atoms with Gasteiger partial charge in [0.1, 0.15) is 0 Å². The van der Waals surface area contributed by atoms with E-state index in [0.29, 0.717) is 6.41 Å². The molecule has 0 saturated heterocycles. The van der Waals surface area contributed by atoms with E-state index in [1.54, 1.807) is 0 Å². The van der Waals surface area contributed by atoms with Crippen molar-refractivity contribution in [2.75, 3.05) is 5.32 Å². The van der Waals surface area contributed by atoms with Crippen molar-refractivity contribution in [1.82, 2.24) is 0 Å². The Labute approximate surface area is 86.0 Å². The van der Waals surface area contributed by atoms with E-state index in [9.17, 15) is 13.6 Å². The molecule has 1 amide bonds. The van der Waals surface area contributed by atoms with Crippen LogP contribution < -0.4 is 5.32 Å². The Kier molecular flexibility index (Phi) is 3.22. The number of anilines is 1. The van der Waals surface area contributed by atoms with E-state index in [1.807, 2.05) is 0 Å². The quantitative estimate of drug-likeness (QED) is 0.500. The molecule has 1 N–H and O–H groups in total. The van der Waals surface area contributed by atoms with Gasteiger partial charge in [-0.15, -0.1) is 0 Å². The van der Waals surface area contributed by atoms with Crippen LogP contribution in [0, 0.1) is 11.6 Å². The molecule has 0 aliphatic carbocycles. The summed E-state index contributed by atoms with van der Waals surface area (Å²) in [6.07, 6.45) is 0.323. The molecule has 0 aromatic heterocycles. The second-order valence-electron chi connectivity index (χ2n) is 2.11. The zero-order valence-corrected chi connectivity index (χ0v) is 8.42. The van der Waals surface area contributed by atoms with Crippen LogP contribution >= 0.6 is 27.5 Å². The average Bonchev–Trinajstić information content (AvgIpc) is 2.09. The van der Waals surface area contributed by atoms with Gasteiger partial charge in [0.25, 0.3) is 0 Å². The maximum absolute atomic E-state index is 12.9. The third-order valence-electron chi connectivity index (χ3n) is 1.32. The molecule has 0 fully saturated rings. The molecule has 13 heavy (non-hydrogen) atoms. The van der Waals surface area contributed by atoms with Crippen LogP contribution in [0.25, 0.3) is 0 Å². The Hall–Kier alpha value is -0.680. The number of hydrogen-bond donors (Lipinski definition) is 1. The van der Waals surface area contributed by atoms with Gasteiger partial charge in [-0.1, -0.05) is 11.6 Å². The fraction of sp³-hybridized carbons (Fsp3) is 0. The van der Waals surface area contributed by atoms with Crippen molar-refractivity contribution in [3.05, 3.63) is 27.2 Å². The lowest BCUT2D eigenvalue weighted by Gasteiger charge is -2.06. The zero-order valence-electron chi connectivity index (χ0n) is 6.07. The zero-order chi connectivity index (χ0) is 10.0. The van der Waals surface area contributed by atoms with Crippen LogP contribution in [0.15, 0.2) is 10.5 Å². The van der Waals surface area contributed by atoms with E-state index in [1.165, 1.54) is 0 Å². The highest BCUT2D eigenvalue weighted by Crippen LogP contribution is 2.33. The molecule has 2 nitrogen and oxygen atoms in total. The lowest BCUT2D eigenvalue weighted by molar-refractivity contribution is -0.105. The van der Waals surface area contributed by atoms with Crippen LogP contribution in [-0.4, -0.2) is 6.41 Å². The predicted octanol–water partition coefficient (Wildman–Crippen LogP) is 2.95. The third kappa shape index (κ3) is 1.97. The molecular weight excluding hydrogens is 267 g/mol. The predicted molar refractivity (Wildman–Crippen MR) is 48.8 cm³/mol. The van der Waals surface area contributed by atoms with Gasteiger partial charge in [0.15, 0.2) is 11.6 Å². The SMILES string of the molecule is O=CNc1c(Cl)cc(F)c(F)c1Br. The number of rotatable bonds is 2. The average molecular weight is 270 g/mol. The van der Waals surface area contributed by atoms with Crippen molar-refractivity contribution in [2.45, 2.75) is 0 Å². The summed E-state index contributed by atoms with van der Waals surface area (Å²) in [5, 5.41) is 2.07. The minimum atomic E-state index is -1.09. The minimum Gasteiger partial charge on any atom is -0.326 e. The highest BCUT2D eigenvalue weighted by atomic mass is 79.9. The van der Waals surface area contributed by atoms with Crippen LogP contribution in [-0.2, 0) is 4.79 Å². The summed E-state index contributed by atoms with van der Waals surface area (Å²) in [4.78, 5) is 10.1. The van der Waals surface area contributed by atoms with Crippen molar-refractivity contribution in [2.24, 2.45) is 0 Å². The first-order valence-corrected chi connectivity index (χ1v) is 4.28. The molecule has 0 unspecified atom stereocenters. The van der Waals surface area contributed by atoms with Crippen LogP contribution in [0.2, 0.25) is 5.02 Å². The van der Waals surface area contributed by atoms with E-state index in [4.69, 9.17) is 11.6 Å². The first-order valence-electron chi connectivity index (χ1n) is 3.11. The second kappa shape index (κ2) is 4.02. The van der Waals surface area contributed by atoms with Crippen LogP contribution in [0.3, 0.4) is 0 Å². The largest absolute Gasteiger partial charge is 0.326 e. The van der Waals surface area contributed by atoms with Gasteiger partial charge in [0.2, 0.25) is 6.41 Å². The van der Waals surface area contributed by atoms with Gasteiger partial charge in [-0.2, -0.15) is 0 Å². The Morgan fingerprint density at radius 3 is 2.69 bits per heavy atom. The van der Waals surface area contributed by atoms with Crippen molar-refractivity contribution in [1.29, 1.82) is 0 Å². The molecule has 1 aromatic rings. The molecule has 0 spiro atoms. The van der Waals surface area contributed by atoms with Gasteiger partial charge in [0.05, 0.1) is 15.2 Å².